The van der Waals surface area contributed by atoms with Gasteiger partial charge >= 0.3 is 6.09 Å². The lowest BCUT2D eigenvalue weighted by Gasteiger charge is -2.06. The highest BCUT2D eigenvalue weighted by atomic mass is 35.5. The highest BCUT2D eigenvalue weighted by Gasteiger charge is 2.07. The molecule has 6 heteroatoms. The second kappa shape index (κ2) is 5.87. The predicted octanol–water partition coefficient (Wildman–Crippen LogP) is 2.27. The van der Waals surface area contributed by atoms with Gasteiger partial charge in [-0.15, -0.1) is 0 Å². The number of oxime groups is 1. The summed E-state index contributed by atoms with van der Waals surface area (Å²) in [6.45, 7) is 0. The van der Waals surface area contributed by atoms with E-state index in [1.54, 1.807) is 24.3 Å². The number of hydrogen-bond donors (Lipinski definition) is 0. The van der Waals surface area contributed by atoms with Crippen LogP contribution in [0.4, 0.5) is 4.79 Å². The van der Waals surface area contributed by atoms with Crippen molar-refractivity contribution in [3.63, 3.8) is 0 Å². The Hall–Kier alpha value is -2.06. The first-order valence-electron chi connectivity index (χ1n) is 4.67. The summed E-state index contributed by atoms with van der Waals surface area (Å²) < 4.78 is 0. The highest BCUT2D eigenvalue weighted by molar-refractivity contribution is 6.30. The summed E-state index contributed by atoms with van der Waals surface area (Å²) in [4.78, 5) is 16.9. The topological polar surface area (TPSA) is 65.7 Å². The second-order valence-corrected chi connectivity index (χ2v) is 3.75. The smallest absolute Gasteiger partial charge is 0.312 e. The van der Waals surface area contributed by atoms with Crippen LogP contribution in [0.2, 0.25) is 5.02 Å². The molecule has 0 radical (unpaired) electrons. The molecule has 88 valence electrons. The molecule has 0 saturated heterocycles. The van der Waals surface area contributed by atoms with Crippen LogP contribution in [0.3, 0.4) is 0 Å². The van der Waals surface area contributed by atoms with Crippen molar-refractivity contribution in [2.24, 2.45) is 5.16 Å². The van der Waals surface area contributed by atoms with Crippen LogP contribution >= 0.6 is 11.6 Å². The van der Waals surface area contributed by atoms with Crippen LogP contribution in [0.25, 0.3) is 0 Å². The Bertz CT molecular complexity index is 474. The van der Waals surface area contributed by atoms with Crippen LogP contribution in [-0.2, 0) is 4.84 Å². The SMILES string of the molecule is CN(C)C(=O)O/N=C(/C#N)c1ccc(Cl)cc1. The van der Waals surface area contributed by atoms with Crippen LogP contribution in [0.1, 0.15) is 5.56 Å². The van der Waals surface area contributed by atoms with Gasteiger partial charge in [0, 0.05) is 24.7 Å². The van der Waals surface area contributed by atoms with Crippen molar-refractivity contribution in [2.75, 3.05) is 14.1 Å². The summed E-state index contributed by atoms with van der Waals surface area (Å²) in [5, 5.41) is 12.9. The van der Waals surface area contributed by atoms with Crippen molar-refractivity contribution in [1.29, 1.82) is 5.26 Å². The van der Waals surface area contributed by atoms with E-state index in [2.05, 4.69) is 9.99 Å². The molecule has 0 N–H and O–H groups in total. The maximum absolute atomic E-state index is 11.1. The van der Waals surface area contributed by atoms with Gasteiger partial charge in [0.2, 0.25) is 0 Å². The quantitative estimate of drug-likeness (QED) is 0.460. The van der Waals surface area contributed by atoms with E-state index in [9.17, 15) is 4.79 Å². The molecule has 5 nitrogen and oxygen atoms in total. The van der Waals surface area contributed by atoms with E-state index in [0.29, 0.717) is 10.6 Å². The highest BCUT2D eigenvalue weighted by Crippen LogP contribution is 2.10. The van der Waals surface area contributed by atoms with E-state index in [-0.39, 0.29) is 5.71 Å². The lowest BCUT2D eigenvalue weighted by molar-refractivity contribution is 0.122. The number of halogens is 1. The fourth-order valence-corrected chi connectivity index (χ4v) is 1.04. The summed E-state index contributed by atoms with van der Waals surface area (Å²) in [6, 6.07) is 8.33. The third-order valence-electron chi connectivity index (χ3n) is 1.80. The summed E-state index contributed by atoms with van der Waals surface area (Å²) in [7, 11) is 3.04. The average molecular weight is 252 g/mol. The van der Waals surface area contributed by atoms with Gasteiger partial charge in [0.05, 0.1) is 0 Å². The number of carbonyl (C=O) groups excluding carboxylic acids is 1. The van der Waals surface area contributed by atoms with Gasteiger partial charge in [0.1, 0.15) is 6.07 Å². The van der Waals surface area contributed by atoms with Crippen molar-refractivity contribution in [1.82, 2.24) is 4.90 Å². The molecule has 0 unspecified atom stereocenters. The van der Waals surface area contributed by atoms with Gasteiger partial charge in [-0.25, -0.2) is 4.79 Å². The third kappa shape index (κ3) is 3.78. The maximum atomic E-state index is 11.1. The molecule has 1 rings (SSSR count). The van der Waals surface area contributed by atoms with Crippen LogP contribution in [-0.4, -0.2) is 30.8 Å². The zero-order valence-electron chi connectivity index (χ0n) is 9.35. The number of nitriles is 1. The standard InChI is InChI=1S/C11H10ClN3O2/c1-15(2)11(16)17-14-10(7-13)8-3-5-9(12)6-4-8/h3-6H,1-2H3/b14-10-. The molecule has 1 aromatic rings. The van der Waals surface area contributed by atoms with E-state index in [1.807, 2.05) is 6.07 Å². The zero-order valence-corrected chi connectivity index (χ0v) is 10.1. The van der Waals surface area contributed by atoms with Gasteiger partial charge in [-0.2, -0.15) is 5.26 Å². The minimum absolute atomic E-state index is 0.0110. The second-order valence-electron chi connectivity index (χ2n) is 3.31. The van der Waals surface area contributed by atoms with Crippen molar-refractivity contribution in [3.8, 4) is 6.07 Å². The molecule has 0 aromatic heterocycles. The molecule has 0 aliphatic heterocycles. The molecule has 17 heavy (non-hydrogen) atoms. The Labute approximate surface area is 104 Å². The number of nitrogens with zero attached hydrogens (tertiary/aromatic N) is 3. The first kappa shape index (κ1) is 13.0. The largest absolute Gasteiger partial charge is 0.435 e. The number of carbonyl (C=O) groups is 1. The molecule has 0 aliphatic rings. The summed E-state index contributed by atoms with van der Waals surface area (Å²) >= 11 is 5.71. The normalized spacial score (nSPS) is 10.6. The van der Waals surface area contributed by atoms with E-state index in [1.165, 1.54) is 19.0 Å². The Kier molecular flexibility index (Phi) is 4.49. The van der Waals surface area contributed by atoms with Crippen LogP contribution in [0.5, 0.6) is 0 Å². The van der Waals surface area contributed by atoms with Gasteiger partial charge in [0.25, 0.3) is 0 Å². The monoisotopic (exact) mass is 251 g/mol. The minimum atomic E-state index is -0.647. The minimum Gasteiger partial charge on any atom is -0.312 e. The summed E-state index contributed by atoms with van der Waals surface area (Å²) in [5.41, 5.74) is 0.542. The maximum Gasteiger partial charge on any atom is 0.435 e. The molecule has 0 atom stereocenters. The molecular weight excluding hydrogens is 242 g/mol. The van der Waals surface area contributed by atoms with Crippen molar-refractivity contribution in [2.45, 2.75) is 0 Å². The van der Waals surface area contributed by atoms with Crippen molar-refractivity contribution < 1.29 is 9.63 Å². The lowest BCUT2D eigenvalue weighted by Crippen LogP contribution is -2.21. The number of hydrogen-bond acceptors (Lipinski definition) is 4. The van der Waals surface area contributed by atoms with Gasteiger partial charge in [-0.3, -0.25) is 4.84 Å². The summed E-state index contributed by atoms with van der Waals surface area (Å²) in [6.07, 6.45) is -0.647. The van der Waals surface area contributed by atoms with Crippen LogP contribution in [0.15, 0.2) is 29.4 Å². The van der Waals surface area contributed by atoms with Gasteiger partial charge in [-0.1, -0.05) is 28.9 Å². The van der Waals surface area contributed by atoms with E-state index in [4.69, 9.17) is 16.9 Å². The van der Waals surface area contributed by atoms with Gasteiger partial charge in [0.15, 0.2) is 5.71 Å². The number of amides is 1. The zero-order chi connectivity index (χ0) is 12.8. The van der Waals surface area contributed by atoms with E-state index >= 15 is 0 Å². The Morgan fingerprint density at radius 3 is 2.47 bits per heavy atom. The lowest BCUT2D eigenvalue weighted by atomic mass is 10.1. The van der Waals surface area contributed by atoms with Crippen molar-refractivity contribution >= 4 is 23.4 Å². The van der Waals surface area contributed by atoms with E-state index in [0.717, 1.165) is 0 Å². The molecule has 1 aromatic carbocycles. The molecule has 0 saturated carbocycles. The van der Waals surface area contributed by atoms with Crippen LogP contribution < -0.4 is 0 Å². The number of rotatable bonds is 2. The Balaban J connectivity index is 2.86. The molecule has 0 heterocycles. The molecule has 0 spiro atoms. The van der Waals surface area contributed by atoms with Crippen molar-refractivity contribution in [3.05, 3.63) is 34.9 Å². The van der Waals surface area contributed by atoms with E-state index < -0.39 is 6.09 Å². The first-order valence-corrected chi connectivity index (χ1v) is 5.04. The fourth-order valence-electron chi connectivity index (χ4n) is 0.912. The molecule has 0 bridgehead atoms. The predicted molar refractivity (Wildman–Crippen MR) is 63.8 cm³/mol. The van der Waals surface area contributed by atoms with Gasteiger partial charge in [-0.05, 0) is 12.1 Å². The molecular formula is C11H10ClN3O2. The fraction of sp³-hybridized carbons (Fsp3) is 0.182. The molecule has 1 amide bonds. The average Bonchev–Trinajstić information content (AvgIpc) is 2.31. The Morgan fingerprint density at radius 2 is 2.00 bits per heavy atom. The number of benzene rings is 1. The third-order valence-corrected chi connectivity index (χ3v) is 2.06. The molecule has 0 aliphatic carbocycles. The van der Waals surface area contributed by atoms with Gasteiger partial charge < -0.3 is 4.90 Å². The first-order chi connectivity index (χ1) is 8.04. The van der Waals surface area contributed by atoms with Crippen LogP contribution in [0, 0.1) is 11.3 Å². The Morgan fingerprint density at radius 1 is 1.41 bits per heavy atom. The molecule has 0 fully saturated rings. The summed E-state index contributed by atoms with van der Waals surface area (Å²) in [5.74, 6) is 0.